The normalized spacial score (nSPS) is 14.7. The van der Waals surface area contributed by atoms with Gasteiger partial charge in [0.15, 0.2) is 0 Å². The molecule has 0 heterocycles. The molecular weight excluding hydrogens is 210 g/mol. The zero-order chi connectivity index (χ0) is 11.1. The van der Waals surface area contributed by atoms with Crippen molar-refractivity contribution in [3.8, 4) is 0 Å². The number of carboxylic acids is 2. The molecule has 1 unspecified atom stereocenters. The van der Waals surface area contributed by atoms with Crippen LogP contribution in [0, 0.1) is 0 Å². The van der Waals surface area contributed by atoms with E-state index in [9.17, 15) is 9.59 Å². The molecule has 2 atom stereocenters. The van der Waals surface area contributed by atoms with Gasteiger partial charge >= 0.3 is 11.9 Å². The van der Waals surface area contributed by atoms with Gasteiger partial charge in [-0.15, -0.1) is 0 Å². The third-order valence-electron chi connectivity index (χ3n) is 1.40. The van der Waals surface area contributed by atoms with Gasteiger partial charge in [-0.1, -0.05) is 0 Å². The highest BCUT2D eigenvalue weighted by atomic mass is 32.2. The van der Waals surface area contributed by atoms with Gasteiger partial charge < -0.3 is 15.9 Å². The molecule has 0 bridgehead atoms. The molecule has 82 valence electrons. The van der Waals surface area contributed by atoms with Crippen molar-refractivity contribution in [2.75, 3.05) is 11.5 Å². The lowest BCUT2D eigenvalue weighted by Crippen LogP contribution is -2.43. The largest absolute Gasteiger partial charge is 0.480 e. The molecule has 0 spiro atoms. The van der Waals surface area contributed by atoms with E-state index in [1.54, 1.807) is 0 Å². The maximum atomic E-state index is 10.4. The highest BCUT2D eigenvalue weighted by Crippen LogP contribution is 2.04. The molecule has 0 aromatic carbocycles. The predicted molar refractivity (Wildman–Crippen MR) is 51.7 cm³/mol. The summed E-state index contributed by atoms with van der Waals surface area (Å²) in [6.07, 6.45) is 0. The highest BCUT2D eigenvalue weighted by Gasteiger charge is 2.17. The molecule has 0 aliphatic heterocycles. The van der Waals surface area contributed by atoms with Crippen LogP contribution in [-0.4, -0.2) is 45.7 Å². The van der Waals surface area contributed by atoms with E-state index in [0.717, 1.165) is 11.8 Å². The summed E-state index contributed by atoms with van der Waals surface area (Å²) in [4.78, 5) is 20.7. The molecule has 0 aromatic heterocycles. The number of hydrazine groups is 1. The number of thioether (sulfide) groups is 1. The van der Waals surface area contributed by atoms with Crippen molar-refractivity contribution >= 4 is 23.7 Å². The molecule has 0 aliphatic carbocycles. The zero-order valence-corrected chi connectivity index (χ0v) is 8.16. The molecule has 0 saturated carbocycles. The van der Waals surface area contributed by atoms with Gasteiger partial charge in [0.2, 0.25) is 0 Å². The Bertz CT molecular complexity index is 213. The predicted octanol–water partition coefficient (Wildman–Crippen LogP) is -1.95. The summed E-state index contributed by atoms with van der Waals surface area (Å²) in [5.74, 6) is 3.10. The van der Waals surface area contributed by atoms with Crippen molar-refractivity contribution in [2.24, 2.45) is 11.6 Å². The smallest absolute Gasteiger partial charge is 0.322 e. The summed E-state index contributed by atoms with van der Waals surface area (Å²) >= 11 is 1.12. The number of aliphatic carboxylic acids is 2. The molecule has 0 aromatic rings. The van der Waals surface area contributed by atoms with Gasteiger partial charge in [0.25, 0.3) is 0 Å². The van der Waals surface area contributed by atoms with Crippen molar-refractivity contribution in [1.82, 2.24) is 5.43 Å². The molecule has 0 saturated heterocycles. The number of hydrogen-bond donors (Lipinski definition) is 5. The lowest BCUT2D eigenvalue weighted by Gasteiger charge is -2.11. The molecule has 7 nitrogen and oxygen atoms in total. The summed E-state index contributed by atoms with van der Waals surface area (Å²) in [6, 6.07) is -1.87. The molecule has 0 rings (SSSR count). The first-order chi connectivity index (χ1) is 6.49. The van der Waals surface area contributed by atoms with Crippen molar-refractivity contribution in [3.63, 3.8) is 0 Å². The van der Waals surface area contributed by atoms with Crippen LogP contribution in [0.4, 0.5) is 0 Å². The molecular formula is C6H13N3O4S. The first kappa shape index (κ1) is 13.2. The van der Waals surface area contributed by atoms with E-state index in [1.807, 2.05) is 0 Å². The van der Waals surface area contributed by atoms with E-state index < -0.39 is 24.0 Å². The van der Waals surface area contributed by atoms with E-state index in [1.165, 1.54) is 0 Å². The number of rotatable bonds is 7. The Hall–Kier alpha value is -0.830. The van der Waals surface area contributed by atoms with E-state index in [2.05, 4.69) is 5.43 Å². The minimum Gasteiger partial charge on any atom is -0.480 e. The Morgan fingerprint density at radius 3 is 2.21 bits per heavy atom. The Morgan fingerprint density at radius 2 is 1.86 bits per heavy atom. The van der Waals surface area contributed by atoms with Crippen LogP contribution in [0.25, 0.3) is 0 Å². The Kier molecular flexibility index (Phi) is 6.21. The van der Waals surface area contributed by atoms with Crippen LogP contribution in [0.2, 0.25) is 0 Å². The number of nitrogens with two attached hydrogens (primary N) is 2. The summed E-state index contributed by atoms with van der Waals surface area (Å²) in [6.45, 7) is 0. The fraction of sp³-hybridized carbons (Fsp3) is 0.667. The first-order valence-electron chi connectivity index (χ1n) is 3.74. The van der Waals surface area contributed by atoms with Crippen LogP contribution in [0.3, 0.4) is 0 Å². The molecule has 0 aliphatic rings. The summed E-state index contributed by atoms with van der Waals surface area (Å²) in [5, 5.41) is 17.0. The minimum absolute atomic E-state index is 0.154. The number of carboxylic acid groups (broad SMARTS) is 2. The fourth-order valence-corrected chi connectivity index (χ4v) is 1.58. The Labute approximate surface area is 84.8 Å². The minimum atomic E-state index is -1.11. The monoisotopic (exact) mass is 223 g/mol. The van der Waals surface area contributed by atoms with Crippen molar-refractivity contribution in [2.45, 2.75) is 12.1 Å². The summed E-state index contributed by atoms with van der Waals surface area (Å²) in [5.41, 5.74) is 7.30. The van der Waals surface area contributed by atoms with Gasteiger partial charge in [-0.05, 0) is 0 Å². The molecule has 0 amide bonds. The fourth-order valence-electron chi connectivity index (χ4n) is 0.575. The summed E-state index contributed by atoms with van der Waals surface area (Å²) < 4.78 is 0. The Balaban J connectivity index is 3.71. The van der Waals surface area contributed by atoms with Crippen LogP contribution >= 0.6 is 11.8 Å². The van der Waals surface area contributed by atoms with Gasteiger partial charge in [-0.25, -0.2) is 5.43 Å². The van der Waals surface area contributed by atoms with Gasteiger partial charge in [-0.2, -0.15) is 11.8 Å². The number of hydrogen-bond acceptors (Lipinski definition) is 6. The molecule has 7 N–H and O–H groups in total. The second-order valence-corrected chi connectivity index (χ2v) is 3.61. The van der Waals surface area contributed by atoms with Crippen molar-refractivity contribution in [1.29, 1.82) is 0 Å². The highest BCUT2D eigenvalue weighted by molar-refractivity contribution is 7.99. The number of carbonyl (C=O) groups is 2. The topological polar surface area (TPSA) is 139 Å². The van der Waals surface area contributed by atoms with E-state index in [0.29, 0.717) is 0 Å². The van der Waals surface area contributed by atoms with Crippen molar-refractivity contribution < 1.29 is 19.8 Å². The van der Waals surface area contributed by atoms with Crippen LogP contribution in [-0.2, 0) is 9.59 Å². The average Bonchev–Trinajstić information content (AvgIpc) is 2.11. The second kappa shape index (κ2) is 6.60. The molecule has 0 radical (unpaired) electrons. The lowest BCUT2D eigenvalue weighted by atomic mass is 10.4. The van der Waals surface area contributed by atoms with E-state index in [4.69, 9.17) is 21.8 Å². The lowest BCUT2D eigenvalue weighted by molar-refractivity contribution is -0.139. The van der Waals surface area contributed by atoms with Crippen LogP contribution in [0.15, 0.2) is 0 Å². The second-order valence-electron chi connectivity index (χ2n) is 2.54. The van der Waals surface area contributed by atoms with Crippen LogP contribution < -0.4 is 17.0 Å². The van der Waals surface area contributed by atoms with E-state index >= 15 is 0 Å². The third kappa shape index (κ3) is 5.02. The van der Waals surface area contributed by atoms with Gasteiger partial charge in [0.05, 0.1) is 0 Å². The maximum absolute atomic E-state index is 10.4. The Morgan fingerprint density at radius 1 is 1.29 bits per heavy atom. The van der Waals surface area contributed by atoms with Crippen LogP contribution in [0.5, 0.6) is 0 Å². The van der Waals surface area contributed by atoms with Gasteiger partial charge in [0, 0.05) is 11.5 Å². The van der Waals surface area contributed by atoms with Gasteiger partial charge in [-0.3, -0.25) is 15.4 Å². The molecule has 14 heavy (non-hydrogen) atoms. The van der Waals surface area contributed by atoms with Crippen molar-refractivity contribution in [3.05, 3.63) is 0 Å². The van der Waals surface area contributed by atoms with E-state index in [-0.39, 0.29) is 11.5 Å². The quantitative estimate of drug-likeness (QED) is 0.248. The molecule has 0 fully saturated rings. The third-order valence-corrected chi connectivity index (χ3v) is 2.56. The maximum Gasteiger partial charge on any atom is 0.322 e. The first-order valence-corrected chi connectivity index (χ1v) is 4.89. The van der Waals surface area contributed by atoms with Crippen LogP contribution in [0.1, 0.15) is 0 Å². The molecule has 8 heteroatoms. The number of nitrogens with one attached hydrogen (secondary N) is 1. The summed E-state index contributed by atoms with van der Waals surface area (Å²) in [7, 11) is 0. The average molecular weight is 223 g/mol. The SMILES string of the molecule is NN[C@@H](CSCC(N)C(=O)O)C(=O)O. The van der Waals surface area contributed by atoms with Gasteiger partial charge in [0.1, 0.15) is 12.1 Å². The standard InChI is InChI=1S/C6H13N3O4S/c7-3(5(10)11)1-14-2-4(9-8)6(12)13/h3-4,9H,1-2,7-8H2,(H,10,11)(H,12,13)/t3?,4-/m0/s1. The zero-order valence-electron chi connectivity index (χ0n) is 7.34.